The van der Waals surface area contributed by atoms with Gasteiger partial charge in [0.15, 0.2) is 0 Å². The first-order valence-corrected chi connectivity index (χ1v) is 6.99. The predicted octanol–water partition coefficient (Wildman–Crippen LogP) is 3.44. The van der Waals surface area contributed by atoms with Gasteiger partial charge in [-0.2, -0.15) is 0 Å². The van der Waals surface area contributed by atoms with Crippen LogP contribution < -0.4 is 5.32 Å². The average Bonchev–Trinajstić information content (AvgIpc) is 2.28. The molecule has 0 saturated heterocycles. The summed E-state index contributed by atoms with van der Waals surface area (Å²) in [6.07, 6.45) is 0.355. The molecule has 4 heteroatoms. The molecule has 0 saturated carbocycles. The Morgan fingerprint density at radius 1 is 1.33 bits per heavy atom. The van der Waals surface area contributed by atoms with Gasteiger partial charge in [-0.3, -0.25) is 4.79 Å². The summed E-state index contributed by atoms with van der Waals surface area (Å²) in [4.78, 5) is 11.6. The van der Waals surface area contributed by atoms with Crippen LogP contribution in [0.5, 0.6) is 0 Å². The van der Waals surface area contributed by atoms with Gasteiger partial charge in [-0.15, -0.1) is 0 Å². The second-order valence-corrected chi connectivity index (χ2v) is 5.35. The van der Waals surface area contributed by atoms with Gasteiger partial charge in [-0.05, 0) is 24.6 Å². The number of esters is 1. The molecule has 1 unspecified atom stereocenters. The largest absolute Gasteiger partial charge is 0.466 e. The summed E-state index contributed by atoms with van der Waals surface area (Å²) in [5.41, 5.74) is 1.10. The Balaban J connectivity index is 2.77. The normalized spacial score (nSPS) is 12.5. The van der Waals surface area contributed by atoms with Crippen molar-refractivity contribution in [1.29, 1.82) is 0 Å². The maximum absolute atomic E-state index is 11.6. The van der Waals surface area contributed by atoms with Crippen LogP contribution in [0.4, 0.5) is 0 Å². The summed E-state index contributed by atoms with van der Waals surface area (Å²) < 4.78 is 6.04. The Bertz CT molecular complexity index is 376. The zero-order valence-corrected chi connectivity index (χ0v) is 12.7. The minimum Gasteiger partial charge on any atom is -0.466 e. The van der Waals surface area contributed by atoms with Gasteiger partial charge >= 0.3 is 5.97 Å². The van der Waals surface area contributed by atoms with E-state index in [1.165, 1.54) is 0 Å². The van der Waals surface area contributed by atoms with Crippen molar-refractivity contribution in [3.05, 3.63) is 34.3 Å². The molecule has 0 amide bonds. The van der Waals surface area contributed by atoms with E-state index in [9.17, 15) is 4.79 Å². The molecule has 0 radical (unpaired) electrons. The summed E-state index contributed by atoms with van der Waals surface area (Å²) in [5, 5.41) is 3.39. The predicted molar refractivity (Wildman–Crippen MR) is 76.4 cm³/mol. The molecule has 1 rings (SSSR count). The molecule has 0 spiro atoms. The van der Waals surface area contributed by atoms with Crippen molar-refractivity contribution in [2.45, 2.75) is 39.3 Å². The lowest BCUT2D eigenvalue weighted by Gasteiger charge is -2.21. The number of carbonyl (C=O) groups is 1. The van der Waals surface area contributed by atoms with E-state index in [2.05, 4.69) is 35.1 Å². The Labute approximate surface area is 117 Å². The van der Waals surface area contributed by atoms with Gasteiger partial charge in [0.2, 0.25) is 0 Å². The molecule has 3 nitrogen and oxygen atoms in total. The molecule has 100 valence electrons. The van der Waals surface area contributed by atoms with E-state index in [0.717, 1.165) is 10.0 Å². The van der Waals surface area contributed by atoms with Gasteiger partial charge in [0, 0.05) is 16.6 Å². The Morgan fingerprint density at radius 2 is 1.94 bits per heavy atom. The first kappa shape index (κ1) is 15.2. The van der Waals surface area contributed by atoms with Gasteiger partial charge in [-0.1, -0.05) is 41.9 Å². The Morgan fingerprint density at radius 3 is 2.44 bits per heavy atom. The van der Waals surface area contributed by atoms with Crippen molar-refractivity contribution in [3.8, 4) is 0 Å². The topological polar surface area (TPSA) is 38.3 Å². The number of ether oxygens (including phenoxy) is 1. The second kappa shape index (κ2) is 7.54. The molecular formula is C14H20BrNO2. The monoisotopic (exact) mass is 313 g/mol. The van der Waals surface area contributed by atoms with E-state index in [-0.39, 0.29) is 12.0 Å². The summed E-state index contributed by atoms with van der Waals surface area (Å²) >= 11 is 3.41. The molecule has 0 heterocycles. The third kappa shape index (κ3) is 5.19. The molecule has 0 aliphatic carbocycles. The van der Waals surface area contributed by atoms with Crippen molar-refractivity contribution in [3.63, 3.8) is 0 Å². The number of benzene rings is 1. The Hall–Kier alpha value is -0.870. The molecule has 0 bridgehead atoms. The van der Waals surface area contributed by atoms with Crippen molar-refractivity contribution >= 4 is 21.9 Å². The molecule has 1 N–H and O–H groups in total. The lowest BCUT2D eigenvalue weighted by atomic mass is 10.0. The summed E-state index contributed by atoms with van der Waals surface area (Å²) in [6, 6.07) is 8.31. The minimum absolute atomic E-state index is 0.00264. The number of hydrogen-bond donors (Lipinski definition) is 1. The lowest BCUT2D eigenvalue weighted by Crippen LogP contribution is -2.30. The smallest absolute Gasteiger partial charge is 0.307 e. The van der Waals surface area contributed by atoms with E-state index in [1.54, 1.807) is 0 Å². The van der Waals surface area contributed by atoms with E-state index >= 15 is 0 Å². The van der Waals surface area contributed by atoms with Gasteiger partial charge in [0.1, 0.15) is 0 Å². The highest BCUT2D eigenvalue weighted by atomic mass is 79.9. The number of carbonyl (C=O) groups excluding carboxylic acids is 1. The van der Waals surface area contributed by atoms with Crippen LogP contribution in [0.2, 0.25) is 0 Å². The number of halogens is 1. The maximum Gasteiger partial charge on any atom is 0.307 e. The molecule has 18 heavy (non-hydrogen) atoms. The van der Waals surface area contributed by atoms with Gasteiger partial charge in [0.05, 0.1) is 13.0 Å². The van der Waals surface area contributed by atoms with Crippen LogP contribution in [0.25, 0.3) is 0 Å². The quantitative estimate of drug-likeness (QED) is 0.818. The van der Waals surface area contributed by atoms with E-state index < -0.39 is 0 Å². The number of hydrogen-bond acceptors (Lipinski definition) is 3. The molecule has 0 aromatic heterocycles. The molecule has 1 aromatic rings. The first-order chi connectivity index (χ1) is 8.52. The molecule has 0 fully saturated rings. The zero-order chi connectivity index (χ0) is 13.5. The van der Waals surface area contributed by atoms with Crippen molar-refractivity contribution in [2.75, 3.05) is 6.61 Å². The van der Waals surface area contributed by atoms with Crippen LogP contribution in [-0.2, 0) is 9.53 Å². The first-order valence-electron chi connectivity index (χ1n) is 6.20. The van der Waals surface area contributed by atoms with Crippen molar-refractivity contribution < 1.29 is 9.53 Å². The average molecular weight is 314 g/mol. The van der Waals surface area contributed by atoms with Crippen LogP contribution in [0.15, 0.2) is 28.7 Å². The third-order valence-corrected chi connectivity index (χ3v) is 3.01. The van der Waals surface area contributed by atoms with Crippen LogP contribution in [0.1, 0.15) is 38.8 Å². The maximum atomic E-state index is 11.6. The fourth-order valence-corrected chi connectivity index (χ4v) is 2.02. The highest BCUT2D eigenvalue weighted by Gasteiger charge is 2.17. The zero-order valence-electron chi connectivity index (χ0n) is 11.1. The highest BCUT2D eigenvalue weighted by Crippen LogP contribution is 2.20. The Kier molecular flexibility index (Phi) is 6.36. The molecule has 0 aliphatic rings. The number of rotatable bonds is 6. The molecule has 1 aromatic carbocycles. The van der Waals surface area contributed by atoms with E-state index in [1.807, 2.05) is 31.2 Å². The molecule has 1 atom stereocenters. The van der Waals surface area contributed by atoms with E-state index in [4.69, 9.17) is 4.74 Å². The van der Waals surface area contributed by atoms with Crippen molar-refractivity contribution in [1.82, 2.24) is 5.32 Å². The minimum atomic E-state index is -0.168. The van der Waals surface area contributed by atoms with Gasteiger partial charge in [-0.25, -0.2) is 0 Å². The van der Waals surface area contributed by atoms with Crippen LogP contribution in [0, 0.1) is 0 Å². The van der Waals surface area contributed by atoms with Crippen LogP contribution in [0.3, 0.4) is 0 Å². The SMILES string of the molecule is CCOC(=O)CC(NC(C)C)c1ccc(Br)cc1. The van der Waals surface area contributed by atoms with E-state index in [0.29, 0.717) is 19.1 Å². The van der Waals surface area contributed by atoms with Crippen LogP contribution in [-0.4, -0.2) is 18.6 Å². The lowest BCUT2D eigenvalue weighted by molar-refractivity contribution is -0.143. The standard InChI is InChI=1S/C14H20BrNO2/c1-4-18-14(17)9-13(16-10(2)3)11-5-7-12(15)8-6-11/h5-8,10,13,16H,4,9H2,1-3H3. The van der Waals surface area contributed by atoms with Crippen molar-refractivity contribution in [2.24, 2.45) is 0 Å². The fourth-order valence-electron chi connectivity index (χ4n) is 1.76. The second-order valence-electron chi connectivity index (χ2n) is 4.43. The molecular weight excluding hydrogens is 294 g/mol. The highest BCUT2D eigenvalue weighted by molar-refractivity contribution is 9.10. The summed E-state index contributed by atoms with van der Waals surface area (Å²) in [6.45, 7) is 6.38. The molecule has 0 aliphatic heterocycles. The third-order valence-electron chi connectivity index (χ3n) is 2.48. The van der Waals surface area contributed by atoms with Crippen LogP contribution >= 0.6 is 15.9 Å². The van der Waals surface area contributed by atoms with Gasteiger partial charge in [0.25, 0.3) is 0 Å². The van der Waals surface area contributed by atoms with Gasteiger partial charge < -0.3 is 10.1 Å². The number of nitrogens with one attached hydrogen (secondary N) is 1. The fraction of sp³-hybridized carbons (Fsp3) is 0.500. The summed E-state index contributed by atoms with van der Waals surface area (Å²) in [7, 11) is 0. The summed E-state index contributed by atoms with van der Waals surface area (Å²) in [5.74, 6) is -0.168.